The zero-order valence-corrected chi connectivity index (χ0v) is 15.9. The van der Waals surface area contributed by atoms with Crippen molar-refractivity contribution in [1.29, 1.82) is 0 Å². The second-order valence-electron chi connectivity index (χ2n) is 7.19. The van der Waals surface area contributed by atoms with Crippen LogP contribution in [0.5, 0.6) is 0 Å². The molecule has 0 aliphatic carbocycles. The van der Waals surface area contributed by atoms with E-state index in [1.807, 2.05) is 4.90 Å². The van der Waals surface area contributed by atoms with Crippen molar-refractivity contribution in [2.24, 2.45) is 0 Å². The number of benzene rings is 1. The lowest BCUT2D eigenvalue weighted by molar-refractivity contribution is -0.384. The van der Waals surface area contributed by atoms with Crippen LogP contribution >= 0.6 is 0 Å². The molecule has 9 nitrogen and oxygen atoms in total. The molecule has 0 amide bonds. The normalized spacial score (nSPS) is 19.9. The third kappa shape index (κ3) is 3.29. The first-order valence-electron chi connectivity index (χ1n) is 9.00. The van der Waals surface area contributed by atoms with Gasteiger partial charge in [0.25, 0.3) is 5.69 Å². The lowest BCUT2D eigenvalue weighted by Gasteiger charge is -2.33. The SMILES string of the molecule is CS(=O)(=O)c1ccc(N2CCCC(c3nnc4n3CCC4)C2)c([N+](=O)[O-])c1. The third-order valence-corrected chi connectivity index (χ3v) is 6.45. The van der Waals surface area contributed by atoms with Crippen LogP contribution in [0, 0.1) is 10.1 Å². The van der Waals surface area contributed by atoms with E-state index in [1.165, 1.54) is 6.07 Å². The highest BCUT2D eigenvalue weighted by atomic mass is 32.2. The van der Waals surface area contributed by atoms with Crippen LogP contribution in [-0.4, -0.2) is 47.5 Å². The molecule has 0 bridgehead atoms. The van der Waals surface area contributed by atoms with E-state index >= 15 is 0 Å². The van der Waals surface area contributed by atoms with Gasteiger partial charge in [-0.3, -0.25) is 10.1 Å². The molecule has 1 unspecified atom stereocenters. The Morgan fingerprint density at radius 2 is 2.04 bits per heavy atom. The minimum absolute atomic E-state index is 0.0400. The van der Waals surface area contributed by atoms with Crippen molar-refractivity contribution in [3.05, 3.63) is 40.0 Å². The second-order valence-corrected chi connectivity index (χ2v) is 9.21. The Bertz CT molecular complexity index is 1000. The molecule has 0 saturated carbocycles. The largest absolute Gasteiger partial charge is 0.365 e. The predicted molar refractivity (Wildman–Crippen MR) is 98.7 cm³/mol. The number of aromatic nitrogens is 3. The molecule has 144 valence electrons. The van der Waals surface area contributed by atoms with Gasteiger partial charge in [-0.2, -0.15) is 0 Å². The van der Waals surface area contributed by atoms with Gasteiger partial charge in [-0.05, 0) is 31.4 Å². The molecule has 2 aromatic rings. The maximum Gasteiger partial charge on any atom is 0.293 e. The zero-order chi connectivity index (χ0) is 19.2. The van der Waals surface area contributed by atoms with Gasteiger partial charge < -0.3 is 9.47 Å². The Hall–Kier alpha value is -2.49. The summed E-state index contributed by atoms with van der Waals surface area (Å²) >= 11 is 0. The number of nitrogens with zero attached hydrogens (tertiary/aromatic N) is 5. The van der Waals surface area contributed by atoms with E-state index in [2.05, 4.69) is 14.8 Å². The molecule has 0 N–H and O–H groups in total. The van der Waals surface area contributed by atoms with Crippen molar-refractivity contribution >= 4 is 21.2 Å². The van der Waals surface area contributed by atoms with Gasteiger partial charge in [0, 0.05) is 44.3 Å². The van der Waals surface area contributed by atoms with Crippen LogP contribution < -0.4 is 4.90 Å². The number of aryl methyl sites for hydroxylation is 1. The lowest BCUT2D eigenvalue weighted by Crippen LogP contribution is -2.35. The summed E-state index contributed by atoms with van der Waals surface area (Å²) in [6, 6.07) is 4.14. The third-order valence-electron chi connectivity index (χ3n) is 5.34. The van der Waals surface area contributed by atoms with Gasteiger partial charge in [-0.25, -0.2) is 8.42 Å². The highest BCUT2D eigenvalue weighted by molar-refractivity contribution is 7.90. The molecular formula is C17H21N5O4S. The van der Waals surface area contributed by atoms with E-state index in [0.717, 1.165) is 56.2 Å². The molecule has 0 radical (unpaired) electrons. The van der Waals surface area contributed by atoms with Gasteiger partial charge in [0.15, 0.2) is 9.84 Å². The minimum atomic E-state index is -3.50. The fourth-order valence-electron chi connectivity index (χ4n) is 4.03. The standard InChI is InChI=1S/C17H21N5O4S/c1-27(25,26)13-6-7-14(15(10-13)22(23)24)20-8-2-4-12(11-20)17-19-18-16-5-3-9-21(16)17/h6-7,10,12H,2-5,8-9,11H2,1H3. The minimum Gasteiger partial charge on any atom is -0.365 e. The Kier molecular flexibility index (Phi) is 4.37. The summed E-state index contributed by atoms with van der Waals surface area (Å²) in [5, 5.41) is 20.2. The van der Waals surface area contributed by atoms with Crippen LogP contribution in [0.1, 0.15) is 36.8 Å². The van der Waals surface area contributed by atoms with Crippen molar-refractivity contribution in [2.45, 2.75) is 43.0 Å². The smallest absolute Gasteiger partial charge is 0.293 e. The summed E-state index contributed by atoms with van der Waals surface area (Å²) in [5.74, 6) is 2.14. The summed E-state index contributed by atoms with van der Waals surface area (Å²) in [4.78, 5) is 13.0. The van der Waals surface area contributed by atoms with Gasteiger partial charge >= 0.3 is 0 Å². The van der Waals surface area contributed by atoms with Crippen LogP contribution in [0.25, 0.3) is 0 Å². The van der Waals surface area contributed by atoms with Crippen LogP contribution in [-0.2, 0) is 22.8 Å². The van der Waals surface area contributed by atoms with E-state index in [1.54, 1.807) is 6.07 Å². The summed E-state index contributed by atoms with van der Waals surface area (Å²) in [6.45, 7) is 2.23. The molecule has 1 aromatic heterocycles. The average molecular weight is 391 g/mol. The predicted octanol–water partition coefficient (Wildman–Crippen LogP) is 1.92. The fraction of sp³-hybridized carbons (Fsp3) is 0.529. The number of piperidine rings is 1. The Labute approximate surface area is 157 Å². The summed E-state index contributed by atoms with van der Waals surface area (Å²) in [6.07, 6.45) is 4.92. The van der Waals surface area contributed by atoms with Gasteiger partial charge in [0.1, 0.15) is 17.3 Å². The number of sulfone groups is 1. The number of hydrogen-bond donors (Lipinski definition) is 0. The van der Waals surface area contributed by atoms with Crippen LogP contribution in [0.4, 0.5) is 11.4 Å². The van der Waals surface area contributed by atoms with Crippen LogP contribution in [0.15, 0.2) is 23.1 Å². The lowest BCUT2D eigenvalue weighted by atomic mass is 9.96. The molecule has 2 aliphatic heterocycles. The quantitative estimate of drug-likeness (QED) is 0.578. The monoisotopic (exact) mass is 391 g/mol. The molecule has 0 spiro atoms. The number of anilines is 1. The number of nitro groups is 1. The van der Waals surface area contributed by atoms with Crippen LogP contribution in [0.3, 0.4) is 0 Å². The van der Waals surface area contributed by atoms with E-state index in [0.29, 0.717) is 18.8 Å². The molecule has 3 heterocycles. The molecule has 1 saturated heterocycles. The molecule has 2 aliphatic rings. The van der Waals surface area contributed by atoms with Gasteiger partial charge in [0.2, 0.25) is 0 Å². The first-order valence-corrected chi connectivity index (χ1v) is 10.9. The van der Waals surface area contributed by atoms with E-state index in [9.17, 15) is 18.5 Å². The van der Waals surface area contributed by atoms with Gasteiger partial charge in [0.05, 0.1) is 9.82 Å². The summed E-state index contributed by atoms with van der Waals surface area (Å²) in [7, 11) is -3.50. The van der Waals surface area contributed by atoms with E-state index in [-0.39, 0.29) is 16.5 Å². The Morgan fingerprint density at radius 1 is 1.22 bits per heavy atom. The van der Waals surface area contributed by atoms with Crippen molar-refractivity contribution in [3.63, 3.8) is 0 Å². The van der Waals surface area contributed by atoms with E-state index in [4.69, 9.17) is 0 Å². The first-order chi connectivity index (χ1) is 12.8. The highest BCUT2D eigenvalue weighted by Crippen LogP contribution is 2.36. The number of fused-ring (bicyclic) bond motifs is 1. The maximum atomic E-state index is 11.8. The summed E-state index contributed by atoms with van der Waals surface area (Å²) in [5.41, 5.74) is 0.281. The molecule has 10 heteroatoms. The molecule has 1 aromatic carbocycles. The van der Waals surface area contributed by atoms with Gasteiger partial charge in [-0.1, -0.05) is 0 Å². The van der Waals surface area contributed by atoms with Crippen LogP contribution in [0.2, 0.25) is 0 Å². The second kappa shape index (κ2) is 6.59. The fourth-order valence-corrected chi connectivity index (χ4v) is 4.67. The topological polar surface area (TPSA) is 111 Å². The van der Waals surface area contributed by atoms with E-state index < -0.39 is 14.8 Å². The first kappa shape index (κ1) is 17.9. The number of nitro benzene ring substituents is 1. The summed E-state index contributed by atoms with van der Waals surface area (Å²) < 4.78 is 25.7. The number of rotatable bonds is 4. The molecular weight excluding hydrogens is 370 g/mol. The van der Waals surface area contributed by atoms with Gasteiger partial charge in [-0.15, -0.1) is 10.2 Å². The maximum absolute atomic E-state index is 11.8. The molecule has 4 rings (SSSR count). The van der Waals surface area contributed by atoms with Crippen molar-refractivity contribution in [3.8, 4) is 0 Å². The highest BCUT2D eigenvalue weighted by Gasteiger charge is 2.31. The zero-order valence-electron chi connectivity index (χ0n) is 15.0. The van der Waals surface area contributed by atoms with Crippen molar-refractivity contribution in [1.82, 2.24) is 14.8 Å². The number of hydrogen-bond acceptors (Lipinski definition) is 7. The van der Waals surface area contributed by atoms with Crippen molar-refractivity contribution in [2.75, 3.05) is 24.2 Å². The Balaban J connectivity index is 1.66. The Morgan fingerprint density at radius 3 is 2.78 bits per heavy atom. The molecule has 1 atom stereocenters. The molecule has 1 fully saturated rings. The average Bonchev–Trinajstić information content (AvgIpc) is 3.24. The molecule has 27 heavy (non-hydrogen) atoms. The van der Waals surface area contributed by atoms with Crippen molar-refractivity contribution < 1.29 is 13.3 Å².